The minimum Gasteiger partial charge on any atom is -0.368 e. The maximum atomic E-state index is 13.4. The van der Waals surface area contributed by atoms with Crippen molar-refractivity contribution in [3.8, 4) is 0 Å². The standard InChI is InChI=1S/C25H28N4O2S2/c1-17(2)15-29-24(31)22-19-9-6-10-20(19)33-23(22)26-25(29)32-16-21(30)28-13-11-27(12-14-28)18-7-4-3-5-8-18/h3-5,7-8H,1,6,9-16H2,2H3. The largest absolute Gasteiger partial charge is 0.368 e. The predicted molar refractivity (Wildman–Crippen MR) is 137 cm³/mol. The van der Waals surface area contributed by atoms with Crippen LogP contribution in [-0.4, -0.2) is 52.3 Å². The molecular weight excluding hydrogens is 452 g/mol. The molecule has 0 saturated carbocycles. The SMILES string of the molecule is C=C(C)Cn1c(SCC(=O)N2CCN(c3ccccc3)CC2)nc2sc3c(c2c1=O)CCC3. The molecule has 0 spiro atoms. The van der Waals surface area contributed by atoms with Crippen LogP contribution in [0.3, 0.4) is 0 Å². The van der Waals surface area contributed by atoms with E-state index in [4.69, 9.17) is 4.98 Å². The zero-order valence-electron chi connectivity index (χ0n) is 18.9. The molecule has 33 heavy (non-hydrogen) atoms. The third-order valence-electron chi connectivity index (χ3n) is 6.30. The van der Waals surface area contributed by atoms with Crippen LogP contribution in [0.15, 0.2) is 52.4 Å². The molecule has 2 aromatic heterocycles. The van der Waals surface area contributed by atoms with Gasteiger partial charge in [0.25, 0.3) is 5.56 Å². The average Bonchev–Trinajstić information content (AvgIpc) is 3.41. The molecular formula is C25H28N4O2S2. The minimum absolute atomic E-state index is 0.00817. The molecule has 0 atom stereocenters. The van der Waals surface area contributed by atoms with Crippen molar-refractivity contribution in [2.24, 2.45) is 0 Å². The summed E-state index contributed by atoms with van der Waals surface area (Å²) < 4.78 is 1.71. The second-order valence-corrected chi connectivity index (χ2v) is 10.8. The Morgan fingerprint density at radius 3 is 2.64 bits per heavy atom. The predicted octanol–water partition coefficient (Wildman–Crippen LogP) is 3.96. The number of para-hydroxylation sites is 1. The van der Waals surface area contributed by atoms with Crippen molar-refractivity contribution < 1.29 is 4.79 Å². The van der Waals surface area contributed by atoms with Gasteiger partial charge in [0.05, 0.1) is 11.1 Å². The van der Waals surface area contributed by atoms with Gasteiger partial charge in [-0.25, -0.2) is 4.98 Å². The maximum Gasteiger partial charge on any atom is 0.263 e. The van der Waals surface area contributed by atoms with Crippen LogP contribution in [0.25, 0.3) is 10.2 Å². The average molecular weight is 481 g/mol. The number of rotatable bonds is 6. The van der Waals surface area contributed by atoms with E-state index in [0.717, 1.165) is 48.1 Å². The van der Waals surface area contributed by atoms with Crippen LogP contribution in [0.4, 0.5) is 5.69 Å². The van der Waals surface area contributed by atoms with Gasteiger partial charge in [0.2, 0.25) is 5.91 Å². The first-order valence-corrected chi connectivity index (χ1v) is 13.2. The Labute approximate surface area is 201 Å². The topological polar surface area (TPSA) is 58.4 Å². The number of thioether (sulfide) groups is 1. The summed E-state index contributed by atoms with van der Waals surface area (Å²) in [5, 5.41) is 1.40. The molecule has 1 saturated heterocycles. The maximum absolute atomic E-state index is 13.4. The molecule has 0 N–H and O–H groups in total. The Morgan fingerprint density at radius 1 is 1.15 bits per heavy atom. The second kappa shape index (κ2) is 9.35. The number of fused-ring (bicyclic) bond motifs is 3. The Hall–Kier alpha value is -2.58. The molecule has 5 rings (SSSR count). The van der Waals surface area contributed by atoms with Crippen molar-refractivity contribution in [2.45, 2.75) is 37.9 Å². The van der Waals surface area contributed by atoms with Crippen molar-refractivity contribution in [3.05, 3.63) is 63.3 Å². The van der Waals surface area contributed by atoms with E-state index in [-0.39, 0.29) is 17.2 Å². The molecule has 0 bridgehead atoms. The van der Waals surface area contributed by atoms with Gasteiger partial charge < -0.3 is 9.80 Å². The summed E-state index contributed by atoms with van der Waals surface area (Å²) in [6, 6.07) is 10.3. The molecule has 1 aliphatic heterocycles. The molecule has 0 unspecified atom stereocenters. The van der Waals surface area contributed by atoms with Crippen LogP contribution in [0.1, 0.15) is 23.8 Å². The van der Waals surface area contributed by atoms with E-state index < -0.39 is 0 Å². The van der Waals surface area contributed by atoms with Crippen molar-refractivity contribution >= 4 is 44.9 Å². The van der Waals surface area contributed by atoms with E-state index in [2.05, 4.69) is 23.6 Å². The lowest BCUT2D eigenvalue weighted by atomic mass is 10.2. The lowest BCUT2D eigenvalue weighted by Gasteiger charge is -2.36. The number of allylic oxidation sites excluding steroid dienone is 1. The first kappa shape index (κ1) is 22.2. The minimum atomic E-state index is 0.00817. The van der Waals surface area contributed by atoms with Gasteiger partial charge in [-0.2, -0.15) is 0 Å². The number of aryl methyl sites for hydroxylation is 2. The van der Waals surface area contributed by atoms with Gasteiger partial charge in [-0.15, -0.1) is 11.3 Å². The van der Waals surface area contributed by atoms with Gasteiger partial charge in [-0.05, 0) is 43.9 Å². The fourth-order valence-corrected chi connectivity index (χ4v) is 6.85. The summed E-state index contributed by atoms with van der Waals surface area (Å²) in [4.78, 5) is 37.6. The second-order valence-electron chi connectivity index (χ2n) is 8.77. The third kappa shape index (κ3) is 4.46. The van der Waals surface area contributed by atoms with Gasteiger partial charge >= 0.3 is 0 Å². The van der Waals surface area contributed by atoms with E-state index >= 15 is 0 Å². The fraction of sp³-hybridized carbons (Fsp3) is 0.400. The molecule has 172 valence electrons. The highest BCUT2D eigenvalue weighted by atomic mass is 32.2. The van der Waals surface area contributed by atoms with Crippen molar-refractivity contribution in [2.75, 3.05) is 36.8 Å². The van der Waals surface area contributed by atoms with Crippen LogP contribution >= 0.6 is 23.1 Å². The molecule has 1 aliphatic carbocycles. The zero-order valence-corrected chi connectivity index (χ0v) is 20.5. The van der Waals surface area contributed by atoms with Crippen LogP contribution in [0, 0.1) is 0 Å². The summed E-state index contributed by atoms with van der Waals surface area (Å²) >= 11 is 3.01. The Bertz CT molecular complexity index is 1260. The van der Waals surface area contributed by atoms with E-state index in [1.807, 2.05) is 30.0 Å². The highest BCUT2D eigenvalue weighted by Crippen LogP contribution is 2.35. The number of benzene rings is 1. The molecule has 0 radical (unpaired) electrons. The smallest absolute Gasteiger partial charge is 0.263 e. The molecule has 3 heterocycles. The highest BCUT2D eigenvalue weighted by molar-refractivity contribution is 7.99. The number of carbonyl (C=O) groups excluding carboxylic acids is 1. The van der Waals surface area contributed by atoms with Crippen LogP contribution in [0.5, 0.6) is 0 Å². The van der Waals surface area contributed by atoms with Crippen molar-refractivity contribution in [1.82, 2.24) is 14.5 Å². The zero-order chi connectivity index (χ0) is 22.9. The fourth-order valence-electron chi connectivity index (χ4n) is 4.65. The lowest BCUT2D eigenvalue weighted by Crippen LogP contribution is -2.49. The van der Waals surface area contributed by atoms with Crippen molar-refractivity contribution in [1.29, 1.82) is 0 Å². The normalized spacial score (nSPS) is 15.8. The van der Waals surface area contributed by atoms with Gasteiger partial charge in [0.1, 0.15) is 4.83 Å². The molecule has 8 heteroatoms. The summed E-state index contributed by atoms with van der Waals surface area (Å²) in [5.41, 5.74) is 3.29. The molecule has 6 nitrogen and oxygen atoms in total. The molecule has 1 amide bonds. The highest BCUT2D eigenvalue weighted by Gasteiger charge is 2.25. The van der Waals surface area contributed by atoms with Gasteiger partial charge in [0.15, 0.2) is 5.16 Å². The number of anilines is 1. The van der Waals surface area contributed by atoms with E-state index in [1.54, 1.807) is 15.9 Å². The van der Waals surface area contributed by atoms with Gasteiger partial charge in [-0.1, -0.05) is 42.1 Å². The van der Waals surface area contributed by atoms with E-state index in [0.29, 0.717) is 24.8 Å². The summed E-state index contributed by atoms with van der Waals surface area (Å²) in [6.07, 6.45) is 3.10. The molecule has 1 aromatic carbocycles. The van der Waals surface area contributed by atoms with E-state index in [9.17, 15) is 9.59 Å². The quantitative estimate of drug-likeness (QED) is 0.304. The van der Waals surface area contributed by atoms with Crippen LogP contribution < -0.4 is 10.5 Å². The van der Waals surface area contributed by atoms with E-state index in [1.165, 1.54) is 27.9 Å². The summed E-state index contributed by atoms with van der Waals surface area (Å²) in [7, 11) is 0. The summed E-state index contributed by atoms with van der Waals surface area (Å²) in [5.74, 6) is 0.377. The number of aromatic nitrogens is 2. The number of amides is 1. The number of carbonyl (C=O) groups is 1. The van der Waals surface area contributed by atoms with Gasteiger partial charge in [0, 0.05) is 43.3 Å². The molecule has 3 aromatic rings. The van der Waals surface area contributed by atoms with Crippen molar-refractivity contribution in [3.63, 3.8) is 0 Å². The summed E-state index contributed by atoms with van der Waals surface area (Å²) in [6.45, 7) is 9.41. The monoisotopic (exact) mass is 480 g/mol. The number of hydrogen-bond donors (Lipinski definition) is 0. The first-order chi connectivity index (χ1) is 16.0. The lowest BCUT2D eigenvalue weighted by molar-refractivity contribution is -0.128. The van der Waals surface area contributed by atoms with Gasteiger partial charge in [-0.3, -0.25) is 14.2 Å². The number of hydrogen-bond acceptors (Lipinski definition) is 6. The molecule has 2 aliphatic rings. The van der Waals surface area contributed by atoms with Crippen LogP contribution in [0.2, 0.25) is 0 Å². The van der Waals surface area contributed by atoms with Crippen LogP contribution in [-0.2, 0) is 24.2 Å². The first-order valence-electron chi connectivity index (χ1n) is 11.4. The Balaban J connectivity index is 1.30. The Kier molecular flexibility index (Phi) is 6.29. The molecule has 1 fully saturated rings. The number of thiophene rings is 1. The third-order valence-corrected chi connectivity index (χ3v) is 8.44. The number of piperazine rings is 1. The Morgan fingerprint density at radius 2 is 1.91 bits per heavy atom. The number of nitrogens with zero attached hydrogens (tertiary/aromatic N) is 4.